The summed E-state index contributed by atoms with van der Waals surface area (Å²) in [6, 6.07) is 4.34. The van der Waals surface area contributed by atoms with Gasteiger partial charge in [-0.3, -0.25) is 4.98 Å². The Morgan fingerprint density at radius 2 is 1.91 bits per heavy atom. The number of rotatable bonds is 6. The van der Waals surface area contributed by atoms with Gasteiger partial charge in [0.05, 0.1) is 17.9 Å². The number of aromatic nitrogens is 1. The molecule has 2 rings (SSSR count). The molecule has 0 bridgehead atoms. The van der Waals surface area contributed by atoms with E-state index in [0.29, 0.717) is 12.0 Å². The summed E-state index contributed by atoms with van der Waals surface area (Å²) >= 11 is 0. The van der Waals surface area contributed by atoms with E-state index in [1.807, 2.05) is 0 Å². The van der Waals surface area contributed by atoms with E-state index in [1.54, 1.807) is 0 Å². The number of pyridine rings is 1. The molecule has 4 heteroatoms. The lowest BCUT2D eigenvalue weighted by Gasteiger charge is -2.27. The normalized spacial score (nSPS) is 18.1. The fourth-order valence-corrected chi connectivity index (χ4v) is 2.82. The number of ether oxygens (including phenoxy) is 2. The maximum atomic E-state index is 6.26. The van der Waals surface area contributed by atoms with Gasteiger partial charge in [0.2, 0.25) is 0 Å². The van der Waals surface area contributed by atoms with Crippen molar-refractivity contribution in [2.45, 2.75) is 58.3 Å². The second-order valence-electron chi connectivity index (χ2n) is 6.75. The Morgan fingerprint density at radius 1 is 1.23 bits per heavy atom. The van der Waals surface area contributed by atoms with Crippen LogP contribution in [0.15, 0.2) is 12.1 Å². The minimum absolute atomic E-state index is 0.0757. The van der Waals surface area contributed by atoms with Gasteiger partial charge in [-0.05, 0) is 45.8 Å². The molecule has 4 nitrogen and oxygen atoms in total. The summed E-state index contributed by atoms with van der Waals surface area (Å²) in [5.74, 6) is 0.446. The molecule has 2 heterocycles. The first-order valence-corrected chi connectivity index (χ1v) is 8.35. The molecule has 0 unspecified atom stereocenters. The fourth-order valence-electron chi connectivity index (χ4n) is 2.82. The van der Waals surface area contributed by atoms with Crippen molar-refractivity contribution in [3.8, 4) is 0 Å². The zero-order valence-electron chi connectivity index (χ0n) is 14.6. The summed E-state index contributed by atoms with van der Waals surface area (Å²) in [6.07, 6.45) is 2.36. The molecule has 22 heavy (non-hydrogen) atoms. The molecule has 1 aromatic heterocycles. The van der Waals surface area contributed by atoms with Crippen LogP contribution in [0.5, 0.6) is 0 Å². The molecule has 0 amide bonds. The average molecular weight is 306 g/mol. The first kappa shape index (κ1) is 17.4. The number of hydrogen-bond donors (Lipinski definition) is 0. The van der Waals surface area contributed by atoms with Gasteiger partial charge in [-0.15, -0.1) is 0 Å². The van der Waals surface area contributed by atoms with Gasteiger partial charge < -0.3 is 14.4 Å². The lowest BCUT2D eigenvalue weighted by molar-refractivity contribution is -0.0640. The van der Waals surface area contributed by atoms with Crippen LogP contribution in [-0.2, 0) is 16.0 Å². The minimum atomic E-state index is 0.0757. The maximum absolute atomic E-state index is 6.26. The van der Waals surface area contributed by atoms with Gasteiger partial charge >= 0.3 is 0 Å². The minimum Gasteiger partial charge on any atom is -0.381 e. The molecule has 0 saturated carbocycles. The molecule has 1 aromatic rings. The van der Waals surface area contributed by atoms with Crippen LogP contribution in [0.25, 0.3) is 0 Å². The zero-order chi connectivity index (χ0) is 16.1. The fraction of sp³-hybridized carbons (Fsp3) is 0.722. The molecule has 1 atom stereocenters. The van der Waals surface area contributed by atoms with Gasteiger partial charge in [-0.1, -0.05) is 19.9 Å². The van der Waals surface area contributed by atoms with E-state index in [9.17, 15) is 0 Å². The Morgan fingerprint density at radius 3 is 2.50 bits per heavy atom. The third kappa shape index (κ3) is 4.77. The van der Waals surface area contributed by atoms with Crippen molar-refractivity contribution in [1.82, 2.24) is 9.88 Å². The smallest absolute Gasteiger partial charge is 0.0818 e. The van der Waals surface area contributed by atoms with Crippen LogP contribution in [-0.4, -0.2) is 43.3 Å². The topological polar surface area (TPSA) is 34.6 Å². The zero-order valence-corrected chi connectivity index (χ0v) is 14.6. The quantitative estimate of drug-likeness (QED) is 0.805. The summed E-state index contributed by atoms with van der Waals surface area (Å²) in [6.45, 7) is 8.98. The summed E-state index contributed by atoms with van der Waals surface area (Å²) in [5.41, 5.74) is 3.50. The van der Waals surface area contributed by atoms with E-state index in [2.05, 4.69) is 51.9 Å². The molecule has 1 aliphatic heterocycles. The van der Waals surface area contributed by atoms with Gasteiger partial charge in [0.15, 0.2) is 0 Å². The van der Waals surface area contributed by atoms with Gasteiger partial charge in [0, 0.05) is 31.0 Å². The van der Waals surface area contributed by atoms with Gasteiger partial charge in [0.1, 0.15) is 0 Å². The highest BCUT2D eigenvalue weighted by molar-refractivity contribution is 5.26. The molecule has 0 N–H and O–H groups in total. The summed E-state index contributed by atoms with van der Waals surface area (Å²) < 4.78 is 11.7. The van der Waals surface area contributed by atoms with Crippen molar-refractivity contribution in [3.63, 3.8) is 0 Å². The molecule has 0 radical (unpaired) electrons. The van der Waals surface area contributed by atoms with Crippen molar-refractivity contribution in [1.29, 1.82) is 0 Å². The summed E-state index contributed by atoms with van der Waals surface area (Å²) in [4.78, 5) is 7.04. The predicted molar refractivity (Wildman–Crippen MR) is 89.1 cm³/mol. The SMILES string of the molecule is CC(C)c1ccc([C@H](C)OC2CCOCC2)c(CN(C)C)n1. The van der Waals surface area contributed by atoms with Crippen LogP contribution >= 0.6 is 0 Å². The molecule has 1 fully saturated rings. The van der Waals surface area contributed by atoms with E-state index in [4.69, 9.17) is 14.5 Å². The first-order chi connectivity index (χ1) is 10.5. The second-order valence-corrected chi connectivity index (χ2v) is 6.75. The molecule has 0 aromatic carbocycles. The van der Waals surface area contributed by atoms with Crippen molar-refractivity contribution in [2.24, 2.45) is 0 Å². The molecular formula is C18H30N2O2. The lowest BCUT2D eigenvalue weighted by Crippen LogP contribution is -2.25. The van der Waals surface area contributed by atoms with Crippen LogP contribution in [0, 0.1) is 0 Å². The monoisotopic (exact) mass is 306 g/mol. The Kier molecular flexibility index (Phi) is 6.36. The highest BCUT2D eigenvalue weighted by Crippen LogP contribution is 2.27. The summed E-state index contributed by atoms with van der Waals surface area (Å²) in [7, 11) is 4.16. The Balaban J connectivity index is 2.16. The van der Waals surface area contributed by atoms with E-state index in [1.165, 1.54) is 5.56 Å². The number of hydrogen-bond acceptors (Lipinski definition) is 4. The van der Waals surface area contributed by atoms with Crippen molar-refractivity contribution in [3.05, 3.63) is 29.1 Å². The molecule has 0 spiro atoms. The molecule has 0 aliphatic carbocycles. The highest BCUT2D eigenvalue weighted by Gasteiger charge is 2.21. The van der Waals surface area contributed by atoms with Gasteiger partial charge in [0.25, 0.3) is 0 Å². The molecule has 124 valence electrons. The van der Waals surface area contributed by atoms with Crippen molar-refractivity contribution >= 4 is 0 Å². The Bertz CT molecular complexity index is 468. The van der Waals surface area contributed by atoms with Crippen LogP contribution in [0.3, 0.4) is 0 Å². The van der Waals surface area contributed by atoms with Crippen LogP contribution in [0.2, 0.25) is 0 Å². The molecular weight excluding hydrogens is 276 g/mol. The molecule has 1 saturated heterocycles. The van der Waals surface area contributed by atoms with Crippen LogP contribution in [0.4, 0.5) is 0 Å². The van der Waals surface area contributed by atoms with E-state index >= 15 is 0 Å². The van der Waals surface area contributed by atoms with E-state index < -0.39 is 0 Å². The number of nitrogens with zero attached hydrogens (tertiary/aromatic N) is 2. The summed E-state index contributed by atoms with van der Waals surface area (Å²) in [5, 5.41) is 0. The second kappa shape index (κ2) is 8.04. The van der Waals surface area contributed by atoms with Gasteiger partial charge in [-0.25, -0.2) is 0 Å². The van der Waals surface area contributed by atoms with E-state index in [0.717, 1.165) is 44.0 Å². The largest absolute Gasteiger partial charge is 0.381 e. The third-order valence-corrected chi connectivity index (χ3v) is 4.09. The van der Waals surface area contributed by atoms with Crippen LogP contribution in [0.1, 0.15) is 62.6 Å². The highest BCUT2D eigenvalue weighted by atomic mass is 16.5. The standard InChI is InChI=1S/C18H30N2O2/c1-13(2)17-7-6-16(18(19-17)12-20(4)5)14(3)22-15-8-10-21-11-9-15/h6-7,13-15H,8-12H2,1-5H3/t14-/m0/s1. The van der Waals surface area contributed by atoms with Crippen molar-refractivity contribution < 1.29 is 9.47 Å². The first-order valence-electron chi connectivity index (χ1n) is 8.35. The third-order valence-electron chi connectivity index (χ3n) is 4.09. The van der Waals surface area contributed by atoms with E-state index in [-0.39, 0.29) is 6.10 Å². The Labute approximate surface area is 134 Å². The Hall–Kier alpha value is -0.970. The predicted octanol–water partition coefficient (Wildman–Crippen LogP) is 3.52. The molecule has 1 aliphatic rings. The maximum Gasteiger partial charge on any atom is 0.0818 e. The lowest BCUT2D eigenvalue weighted by atomic mass is 10.0. The van der Waals surface area contributed by atoms with Crippen molar-refractivity contribution in [2.75, 3.05) is 27.3 Å². The van der Waals surface area contributed by atoms with Gasteiger partial charge in [-0.2, -0.15) is 0 Å². The average Bonchev–Trinajstić information content (AvgIpc) is 2.47. The van der Waals surface area contributed by atoms with Crippen LogP contribution < -0.4 is 0 Å².